The molecule has 1 aliphatic heterocycles. The quantitative estimate of drug-likeness (QED) is 0.398. The number of aliphatic hydroxyl groups excluding tert-OH is 1. The Labute approximate surface area is 181 Å². The molecule has 0 spiro atoms. The Hall–Kier alpha value is -2.83. The first-order valence-electron chi connectivity index (χ1n) is 9.93. The number of carbonyl (C=O) groups is 2. The van der Waals surface area contributed by atoms with Gasteiger partial charge in [0.25, 0.3) is 11.7 Å². The number of nitrogens with zero attached hydrogens (tertiary/aromatic N) is 2. The van der Waals surface area contributed by atoms with Gasteiger partial charge in [-0.15, -0.1) is 0 Å². The molecule has 30 heavy (non-hydrogen) atoms. The molecule has 1 atom stereocenters. The second kappa shape index (κ2) is 9.32. The lowest BCUT2D eigenvalue weighted by Crippen LogP contribution is -2.38. The summed E-state index contributed by atoms with van der Waals surface area (Å²) in [7, 11) is 0. The number of hydrogen-bond acceptors (Lipinski definition) is 5. The van der Waals surface area contributed by atoms with Crippen molar-refractivity contribution < 1.29 is 19.8 Å². The fourth-order valence-corrected chi connectivity index (χ4v) is 3.84. The van der Waals surface area contributed by atoms with E-state index < -0.39 is 23.5 Å². The number of para-hydroxylation sites is 1. The van der Waals surface area contributed by atoms with Crippen LogP contribution in [0, 0.1) is 0 Å². The zero-order valence-corrected chi connectivity index (χ0v) is 17.8. The van der Waals surface area contributed by atoms with Gasteiger partial charge in [0.1, 0.15) is 11.5 Å². The van der Waals surface area contributed by atoms with E-state index in [1.807, 2.05) is 13.8 Å². The molecule has 1 heterocycles. The molecule has 0 aromatic heterocycles. The highest BCUT2D eigenvalue weighted by molar-refractivity contribution is 6.46. The maximum absolute atomic E-state index is 12.9. The predicted octanol–water partition coefficient (Wildman–Crippen LogP) is 3.81. The van der Waals surface area contributed by atoms with Crippen LogP contribution in [0.2, 0.25) is 5.02 Å². The van der Waals surface area contributed by atoms with E-state index in [1.165, 1.54) is 17.0 Å². The Morgan fingerprint density at radius 2 is 1.70 bits per heavy atom. The summed E-state index contributed by atoms with van der Waals surface area (Å²) in [6.45, 7) is 6.64. The van der Waals surface area contributed by atoms with E-state index in [9.17, 15) is 19.8 Å². The molecule has 0 bridgehead atoms. The zero-order valence-electron chi connectivity index (χ0n) is 17.0. The SMILES string of the molecule is CCN(CC)CCN1C(=O)C(=O)C(=C(O)c2ccccc2O)C1c1ccc(Cl)cc1. The van der Waals surface area contributed by atoms with E-state index in [1.54, 1.807) is 36.4 Å². The van der Waals surface area contributed by atoms with Gasteiger partial charge in [-0.05, 0) is 42.9 Å². The lowest BCUT2D eigenvalue weighted by Gasteiger charge is -2.28. The topological polar surface area (TPSA) is 81.1 Å². The van der Waals surface area contributed by atoms with Crippen molar-refractivity contribution in [3.8, 4) is 5.75 Å². The third-order valence-corrected chi connectivity index (χ3v) is 5.69. The molecule has 6 nitrogen and oxygen atoms in total. The number of halogens is 1. The van der Waals surface area contributed by atoms with Gasteiger partial charge in [-0.25, -0.2) is 0 Å². The van der Waals surface area contributed by atoms with Crippen LogP contribution in [0.15, 0.2) is 54.1 Å². The summed E-state index contributed by atoms with van der Waals surface area (Å²) in [6.07, 6.45) is 0. The Morgan fingerprint density at radius 1 is 1.07 bits per heavy atom. The largest absolute Gasteiger partial charge is 0.507 e. The molecule has 0 radical (unpaired) electrons. The van der Waals surface area contributed by atoms with E-state index in [0.717, 1.165) is 13.1 Å². The molecule has 158 valence electrons. The molecule has 1 amide bonds. The number of phenols is 1. The molecule has 0 saturated carbocycles. The number of benzene rings is 2. The molecule has 2 aromatic rings. The van der Waals surface area contributed by atoms with E-state index in [2.05, 4.69) is 4.90 Å². The standard InChI is InChI=1S/C23H25ClN2O4/c1-3-25(4-2)13-14-26-20(15-9-11-16(24)12-10-15)19(22(29)23(26)30)21(28)17-7-5-6-8-18(17)27/h5-12,20,27-28H,3-4,13-14H2,1-2H3. The minimum Gasteiger partial charge on any atom is -0.507 e. The zero-order chi connectivity index (χ0) is 21.8. The number of likely N-dealkylation sites (N-methyl/N-ethyl adjacent to an activating group) is 1. The van der Waals surface area contributed by atoms with Crippen LogP contribution >= 0.6 is 11.6 Å². The van der Waals surface area contributed by atoms with E-state index in [0.29, 0.717) is 23.7 Å². The number of likely N-dealkylation sites (tertiary alicyclic amines) is 1. The van der Waals surface area contributed by atoms with Crippen molar-refractivity contribution in [1.29, 1.82) is 0 Å². The van der Waals surface area contributed by atoms with Crippen molar-refractivity contribution >= 4 is 29.1 Å². The van der Waals surface area contributed by atoms with Crippen LogP contribution in [0.1, 0.15) is 31.0 Å². The van der Waals surface area contributed by atoms with Gasteiger partial charge in [0, 0.05) is 18.1 Å². The molecule has 1 fully saturated rings. The van der Waals surface area contributed by atoms with Gasteiger partial charge in [-0.1, -0.05) is 49.7 Å². The van der Waals surface area contributed by atoms with Crippen molar-refractivity contribution in [2.75, 3.05) is 26.2 Å². The summed E-state index contributed by atoms with van der Waals surface area (Å²) >= 11 is 6.02. The smallest absolute Gasteiger partial charge is 0.295 e. The summed E-state index contributed by atoms with van der Waals surface area (Å²) in [4.78, 5) is 29.5. The van der Waals surface area contributed by atoms with E-state index in [4.69, 9.17) is 11.6 Å². The number of carbonyl (C=O) groups excluding carboxylic acids is 2. The van der Waals surface area contributed by atoms with Crippen LogP contribution in [0.5, 0.6) is 5.75 Å². The second-order valence-electron chi connectivity index (χ2n) is 7.09. The van der Waals surface area contributed by atoms with Crippen LogP contribution in [-0.4, -0.2) is 57.9 Å². The number of hydrogen-bond donors (Lipinski definition) is 2. The van der Waals surface area contributed by atoms with Crippen LogP contribution in [0.4, 0.5) is 0 Å². The highest BCUT2D eigenvalue weighted by Crippen LogP contribution is 2.40. The van der Waals surface area contributed by atoms with Gasteiger partial charge in [0.15, 0.2) is 0 Å². The second-order valence-corrected chi connectivity index (χ2v) is 7.52. The highest BCUT2D eigenvalue weighted by atomic mass is 35.5. The molecule has 1 aliphatic rings. The van der Waals surface area contributed by atoms with E-state index >= 15 is 0 Å². The highest BCUT2D eigenvalue weighted by Gasteiger charge is 2.46. The van der Waals surface area contributed by atoms with Gasteiger partial charge < -0.3 is 20.0 Å². The van der Waals surface area contributed by atoms with Crippen molar-refractivity contribution in [2.45, 2.75) is 19.9 Å². The number of amides is 1. The summed E-state index contributed by atoms with van der Waals surface area (Å²) in [6, 6.07) is 12.3. The summed E-state index contributed by atoms with van der Waals surface area (Å²) in [5, 5.41) is 21.6. The Balaban J connectivity index is 2.11. The Bertz CT molecular complexity index is 967. The van der Waals surface area contributed by atoms with E-state index in [-0.39, 0.29) is 16.9 Å². The van der Waals surface area contributed by atoms with Crippen LogP contribution in [0.25, 0.3) is 5.76 Å². The number of rotatable bonds is 7. The minimum atomic E-state index is -0.768. The van der Waals surface area contributed by atoms with Crippen LogP contribution in [0.3, 0.4) is 0 Å². The first kappa shape index (κ1) is 21.9. The van der Waals surface area contributed by atoms with Gasteiger partial charge >= 0.3 is 0 Å². The number of Topliss-reactive ketones (excluding diaryl/α,β-unsaturated/α-hetero) is 1. The lowest BCUT2D eigenvalue weighted by atomic mass is 9.95. The third-order valence-electron chi connectivity index (χ3n) is 5.44. The predicted molar refractivity (Wildman–Crippen MR) is 116 cm³/mol. The van der Waals surface area contributed by atoms with Crippen LogP contribution in [-0.2, 0) is 9.59 Å². The Kier molecular flexibility index (Phi) is 6.80. The maximum atomic E-state index is 12.9. The molecule has 2 N–H and O–H groups in total. The van der Waals surface area contributed by atoms with Crippen LogP contribution < -0.4 is 0 Å². The fraction of sp³-hybridized carbons (Fsp3) is 0.304. The molecule has 1 saturated heterocycles. The molecule has 0 aliphatic carbocycles. The number of phenolic OH excluding ortho intramolecular Hbond substituents is 1. The first-order chi connectivity index (χ1) is 14.4. The molecule has 3 rings (SSSR count). The summed E-state index contributed by atoms with van der Waals surface area (Å²) in [5.41, 5.74) is 0.733. The lowest BCUT2D eigenvalue weighted by molar-refractivity contribution is -0.140. The van der Waals surface area contributed by atoms with Gasteiger partial charge in [-0.3, -0.25) is 9.59 Å². The molecular formula is C23H25ClN2O4. The van der Waals surface area contributed by atoms with Gasteiger partial charge in [0.2, 0.25) is 0 Å². The van der Waals surface area contributed by atoms with Crippen molar-refractivity contribution in [2.24, 2.45) is 0 Å². The summed E-state index contributed by atoms with van der Waals surface area (Å²) in [5.74, 6) is -2.00. The monoisotopic (exact) mass is 428 g/mol. The van der Waals surface area contributed by atoms with Crippen molar-refractivity contribution in [3.63, 3.8) is 0 Å². The third kappa shape index (κ3) is 4.20. The molecule has 1 unspecified atom stereocenters. The van der Waals surface area contributed by atoms with Gasteiger partial charge in [0.05, 0.1) is 17.2 Å². The maximum Gasteiger partial charge on any atom is 0.295 e. The first-order valence-corrected chi connectivity index (χ1v) is 10.3. The molecule has 2 aromatic carbocycles. The number of aliphatic hydroxyl groups is 1. The molecular weight excluding hydrogens is 404 g/mol. The van der Waals surface area contributed by atoms with Crippen molar-refractivity contribution in [3.05, 3.63) is 70.3 Å². The normalized spacial score (nSPS) is 18.4. The van der Waals surface area contributed by atoms with Gasteiger partial charge in [-0.2, -0.15) is 0 Å². The summed E-state index contributed by atoms with van der Waals surface area (Å²) < 4.78 is 0. The number of aromatic hydroxyl groups is 1. The number of ketones is 1. The average molecular weight is 429 g/mol. The molecule has 7 heteroatoms. The fourth-order valence-electron chi connectivity index (χ4n) is 3.71. The average Bonchev–Trinajstić information content (AvgIpc) is 3.00. The minimum absolute atomic E-state index is 0.0385. The van der Waals surface area contributed by atoms with Crippen molar-refractivity contribution in [1.82, 2.24) is 9.80 Å². The Morgan fingerprint density at radius 3 is 2.30 bits per heavy atom.